The second kappa shape index (κ2) is 4.59. The summed E-state index contributed by atoms with van der Waals surface area (Å²) < 4.78 is 1.20. The van der Waals surface area contributed by atoms with Gasteiger partial charge in [-0.25, -0.2) is 5.43 Å². The number of benzene rings is 1. The highest BCUT2D eigenvalue weighted by atomic mass is 127. The highest BCUT2D eigenvalue weighted by Gasteiger charge is 2.03. The van der Waals surface area contributed by atoms with E-state index in [1.165, 1.54) is 3.57 Å². The van der Waals surface area contributed by atoms with E-state index in [1.54, 1.807) is 6.08 Å². The molecule has 0 aliphatic heterocycles. The summed E-state index contributed by atoms with van der Waals surface area (Å²) in [6, 6.07) is 8.19. The number of hydrogen-bond donors (Lipinski definition) is 2. The normalized spacial score (nSPS) is 12.5. The van der Waals surface area contributed by atoms with Gasteiger partial charge in [0.1, 0.15) is 0 Å². The van der Waals surface area contributed by atoms with Crippen LogP contribution >= 0.6 is 22.6 Å². The van der Waals surface area contributed by atoms with Gasteiger partial charge in [0.15, 0.2) is 0 Å². The van der Waals surface area contributed by atoms with Gasteiger partial charge in [-0.2, -0.15) is 0 Å². The van der Waals surface area contributed by atoms with Crippen molar-refractivity contribution in [1.82, 2.24) is 5.43 Å². The van der Waals surface area contributed by atoms with Gasteiger partial charge >= 0.3 is 0 Å². The lowest BCUT2D eigenvalue weighted by Crippen LogP contribution is -2.26. The molecule has 0 radical (unpaired) electrons. The van der Waals surface area contributed by atoms with E-state index in [1.807, 2.05) is 18.2 Å². The van der Waals surface area contributed by atoms with Gasteiger partial charge in [-0.1, -0.05) is 18.2 Å². The Kier molecular flexibility index (Phi) is 3.71. The van der Waals surface area contributed by atoms with Crippen molar-refractivity contribution in [2.75, 3.05) is 0 Å². The first-order chi connectivity index (χ1) is 5.77. The highest BCUT2D eigenvalue weighted by molar-refractivity contribution is 14.1. The van der Waals surface area contributed by atoms with Crippen LogP contribution in [0, 0.1) is 3.57 Å². The van der Waals surface area contributed by atoms with E-state index in [9.17, 15) is 0 Å². The molecule has 0 amide bonds. The summed E-state index contributed by atoms with van der Waals surface area (Å²) in [6.45, 7) is 3.69. The summed E-state index contributed by atoms with van der Waals surface area (Å²) in [6.07, 6.45) is 1.78. The molecule has 0 aliphatic rings. The van der Waals surface area contributed by atoms with Gasteiger partial charge in [-0.3, -0.25) is 5.84 Å². The van der Waals surface area contributed by atoms with Crippen molar-refractivity contribution in [3.05, 3.63) is 46.1 Å². The van der Waals surface area contributed by atoms with Gasteiger partial charge in [0.05, 0.1) is 6.04 Å². The van der Waals surface area contributed by atoms with Crippen LogP contribution in [0.2, 0.25) is 0 Å². The lowest BCUT2D eigenvalue weighted by atomic mass is 10.1. The minimum absolute atomic E-state index is 0.0414. The van der Waals surface area contributed by atoms with Crippen molar-refractivity contribution in [2.24, 2.45) is 5.84 Å². The Balaban J connectivity index is 2.93. The van der Waals surface area contributed by atoms with Crippen LogP contribution < -0.4 is 11.3 Å². The van der Waals surface area contributed by atoms with Gasteiger partial charge in [0.25, 0.3) is 0 Å². The van der Waals surface area contributed by atoms with E-state index in [0.717, 1.165) is 5.56 Å². The molecule has 3 N–H and O–H groups in total. The molecule has 0 bridgehead atoms. The minimum Gasteiger partial charge on any atom is -0.271 e. The molecule has 1 unspecified atom stereocenters. The van der Waals surface area contributed by atoms with Crippen LogP contribution in [0.3, 0.4) is 0 Å². The second-order valence-corrected chi connectivity index (χ2v) is 3.68. The zero-order valence-corrected chi connectivity index (χ0v) is 8.78. The molecule has 3 heteroatoms. The van der Waals surface area contributed by atoms with Gasteiger partial charge in [0, 0.05) is 3.57 Å². The standard InChI is InChI=1S/C9H11IN2/c1-2-9(12-11)7-4-3-5-8(10)6-7/h2-6,9,12H,1,11H2. The predicted octanol–water partition coefficient (Wildman–Crippen LogP) is 1.98. The monoisotopic (exact) mass is 274 g/mol. The summed E-state index contributed by atoms with van der Waals surface area (Å²) in [5, 5.41) is 0. The van der Waals surface area contributed by atoms with Crippen molar-refractivity contribution >= 4 is 22.6 Å². The Morgan fingerprint density at radius 2 is 2.33 bits per heavy atom. The van der Waals surface area contributed by atoms with Gasteiger partial charge < -0.3 is 0 Å². The second-order valence-electron chi connectivity index (χ2n) is 2.44. The number of nitrogens with two attached hydrogens (primary N) is 1. The molecule has 0 fully saturated rings. The van der Waals surface area contributed by atoms with E-state index in [-0.39, 0.29) is 6.04 Å². The van der Waals surface area contributed by atoms with E-state index in [4.69, 9.17) is 5.84 Å². The molecule has 0 heterocycles. The molecular formula is C9H11IN2. The molecule has 0 saturated heterocycles. The fraction of sp³-hybridized carbons (Fsp3) is 0.111. The molecule has 1 aromatic carbocycles. The number of hydrogen-bond acceptors (Lipinski definition) is 2. The summed E-state index contributed by atoms with van der Waals surface area (Å²) in [5.41, 5.74) is 3.81. The van der Waals surface area contributed by atoms with Crippen molar-refractivity contribution in [3.8, 4) is 0 Å². The van der Waals surface area contributed by atoms with Gasteiger partial charge in [-0.05, 0) is 40.3 Å². The van der Waals surface area contributed by atoms with Crippen LogP contribution in [0.5, 0.6) is 0 Å². The first kappa shape index (κ1) is 9.70. The Morgan fingerprint density at radius 1 is 1.58 bits per heavy atom. The molecule has 0 aromatic heterocycles. The van der Waals surface area contributed by atoms with Crippen LogP contribution in [-0.4, -0.2) is 0 Å². The fourth-order valence-corrected chi connectivity index (χ4v) is 1.57. The smallest absolute Gasteiger partial charge is 0.0638 e. The Hall–Kier alpha value is -0.390. The van der Waals surface area contributed by atoms with Crippen LogP contribution in [0.4, 0.5) is 0 Å². The molecular weight excluding hydrogens is 263 g/mol. The van der Waals surface area contributed by atoms with Crippen LogP contribution in [0.1, 0.15) is 11.6 Å². The quantitative estimate of drug-likeness (QED) is 0.383. The average Bonchev–Trinajstić information content (AvgIpc) is 2.07. The summed E-state index contributed by atoms with van der Waals surface area (Å²) in [5.74, 6) is 5.34. The van der Waals surface area contributed by atoms with Crippen molar-refractivity contribution in [2.45, 2.75) is 6.04 Å². The van der Waals surface area contributed by atoms with Crippen molar-refractivity contribution in [3.63, 3.8) is 0 Å². The SMILES string of the molecule is C=CC(NN)c1cccc(I)c1. The Morgan fingerprint density at radius 3 is 2.83 bits per heavy atom. The minimum atomic E-state index is 0.0414. The molecule has 0 spiro atoms. The van der Waals surface area contributed by atoms with Crippen LogP contribution in [0.15, 0.2) is 36.9 Å². The maximum Gasteiger partial charge on any atom is 0.0638 e. The summed E-state index contributed by atoms with van der Waals surface area (Å²) in [4.78, 5) is 0. The number of hydrazine groups is 1. The first-order valence-corrected chi connectivity index (χ1v) is 4.70. The average molecular weight is 274 g/mol. The van der Waals surface area contributed by atoms with Crippen molar-refractivity contribution < 1.29 is 0 Å². The lowest BCUT2D eigenvalue weighted by molar-refractivity contribution is 0.656. The van der Waals surface area contributed by atoms with Gasteiger partial charge in [-0.15, -0.1) is 6.58 Å². The largest absolute Gasteiger partial charge is 0.271 e. The van der Waals surface area contributed by atoms with E-state index < -0.39 is 0 Å². The van der Waals surface area contributed by atoms with E-state index in [2.05, 4.69) is 40.7 Å². The molecule has 2 nitrogen and oxygen atoms in total. The number of halogens is 1. The molecule has 12 heavy (non-hydrogen) atoms. The molecule has 1 aromatic rings. The summed E-state index contributed by atoms with van der Waals surface area (Å²) >= 11 is 2.27. The fourth-order valence-electron chi connectivity index (χ4n) is 1.00. The molecule has 64 valence electrons. The topological polar surface area (TPSA) is 38.0 Å². The molecule has 1 atom stereocenters. The zero-order valence-electron chi connectivity index (χ0n) is 6.63. The third-order valence-electron chi connectivity index (χ3n) is 1.62. The Bertz CT molecular complexity index is 273. The Labute approximate surface area is 86.0 Å². The number of nitrogens with one attached hydrogen (secondary N) is 1. The third kappa shape index (κ3) is 2.30. The predicted molar refractivity (Wildman–Crippen MR) is 59.4 cm³/mol. The van der Waals surface area contributed by atoms with E-state index >= 15 is 0 Å². The highest BCUT2D eigenvalue weighted by Crippen LogP contribution is 2.15. The third-order valence-corrected chi connectivity index (χ3v) is 2.29. The zero-order chi connectivity index (χ0) is 8.97. The maximum atomic E-state index is 5.34. The number of rotatable bonds is 3. The molecule has 1 rings (SSSR count). The van der Waals surface area contributed by atoms with Crippen LogP contribution in [0.25, 0.3) is 0 Å². The first-order valence-electron chi connectivity index (χ1n) is 3.62. The molecule has 0 aliphatic carbocycles. The maximum absolute atomic E-state index is 5.34. The van der Waals surface area contributed by atoms with Crippen LogP contribution in [-0.2, 0) is 0 Å². The molecule has 0 saturated carbocycles. The van der Waals surface area contributed by atoms with Crippen molar-refractivity contribution in [1.29, 1.82) is 0 Å². The van der Waals surface area contributed by atoms with E-state index in [0.29, 0.717) is 0 Å². The lowest BCUT2D eigenvalue weighted by Gasteiger charge is -2.10. The van der Waals surface area contributed by atoms with Gasteiger partial charge in [0.2, 0.25) is 0 Å². The summed E-state index contributed by atoms with van der Waals surface area (Å²) in [7, 11) is 0.